The van der Waals surface area contributed by atoms with Gasteiger partial charge in [-0.3, -0.25) is 0 Å². The average molecular weight is 280 g/mol. The number of nitrogens with two attached hydrogens (primary N) is 1. The van der Waals surface area contributed by atoms with E-state index in [1.807, 2.05) is 4.90 Å². The number of nitrogens with zero attached hydrogens (tertiary/aromatic N) is 1. The van der Waals surface area contributed by atoms with Crippen LogP contribution in [0.3, 0.4) is 0 Å². The monoisotopic (exact) mass is 280 g/mol. The number of rotatable bonds is 3. The molecule has 2 N–H and O–H groups in total. The molecule has 0 amide bonds. The molecule has 0 aromatic rings. The van der Waals surface area contributed by atoms with Crippen molar-refractivity contribution in [3.05, 3.63) is 0 Å². The molecule has 2 fully saturated rings. The van der Waals surface area contributed by atoms with Crippen molar-refractivity contribution < 1.29 is 17.9 Å². The predicted molar refractivity (Wildman–Crippen MR) is 66.8 cm³/mol. The van der Waals surface area contributed by atoms with Crippen molar-refractivity contribution in [1.29, 1.82) is 0 Å². The molecule has 0 aliphatic carbocycles. The lowest BCUT2D eigenvalue weighted by atomic mass is 9.79. The summed E-state index contributed by atoms with van der Waals surface area (Å²) in [7, 11) is 0. The first-order valence-corrected chi connectivity index (χ1v) is 7.02. The van der Waals surface area contributed by atoms with Crippen LogP contribution in [0.4, 0.5) is 13.2 Å². The second-order valence-electron chi connectivity index (χ2n) is 5.93. The van der Waals surface area contributed by atoms with Gasteiger partial charge in [0.05, 0.1) is 5.92 Å². The molecular formula is C13H23F3N2O. The molecule has 19 heavy (non-hydrogen) atoms. The zero-order valence-corrected chi connectivity index (χ0v) is 11.2. The van der Waals surface area contributed by atoms with Gasteiger partial charge in [-0.1, -0.05) is 0 Å². The van der Waals surface area contributed by atoms with Crippen LogP contribution in [0.1, 0.15) is 25.7 Å². The molecule has 2 saturated heterocycles. The molecule has 2 rings (SSSR count). The number of hydrogen-bond donors (Lipinski definition) is 1. The molecule has 2 aliphatic rings. The summed E-state index contributed by atoms with van der Waals surface area (Å²) in [6.07, 6.45) is -1.46. The van der Waals surface area contributed by atoms with Crippen molar-refractivity contribution in [2.75, 3.05) is 39.4 Å². The molecule has 0 aromatic heterocycles. The molecule has 2 heterocycles. The van der Waals surface area contributed by atoms with E-state index in [1.165, 1.54) is 0 Å². The third kappa shape index (κ3) is 3.83. The Morgan fingerprint density at radius 3 is 2.53 bits per heavy atom. The third-order valence-corrected chi connectivity index (χ3v) is 4.51. The molecule has 1 atom stereocenters. The Bertz CT molecular complexity index is 290. The Morgan fingerprint density at radius 1 is 1.26 bits per heavy atom. The summed E-state index contributed by atoms with van der Waals surface area (Å²) in [5, 5.41) is 0. The lowest BCUT2D eigenvalue weighted by Gasteiger charge is -2.43. The number of hydrogen-bond acceptors (Lipinski definition) is 3. The molecular weight excluding hydrogens is 257 g/mol. The largest absolute Gasteiger partial charge is 0.393 e. The predicted octanol–water partition coefficient (Wildman–Crippen LogP) is 2.02. The minimum Gasteiger partial charge on any atom is -0.381 e. The Morgan fingerprint density at radius 2 is 1.95 bits per heavy atom. The van der Waals surface area contributed by atoms with E-state index in [-0.39, 0.29) is 18.4 Å². The first-order valence-electron chi connectivity index (χ1n) is 7.02. The summed E-state index contributed by atoms with van der Waals surface area (Å²) in [5.41, 5.74) is 5.82. The van der Waals surface area contributed by atoms with E-state index in [9.17, 15) is 13.2 Å². The second-order valence-corrected chi connectivity index (χ2v) is 5.93. The minimum atomic E-state index is -4.07. The van der Waals surface area contributed by atoms with Crippen LogP contribution in [-0.4, -0.2) is 50.5 Å². The summed E-state index contributed by atoms with van der Waals surface area (Å²) in [6, 6.07) is 0. The van der Waals surface area contributed by atoms with E-state index in [0.29, 0.717) is 32.7 Å². The second kappa shape index (κ2) is 5.97. The molecule has 0 spiro atoms. The van der Waals surface area contributed by atoms with Crippen molar-refractivity contribution in [2.24, 2.45) is 17.1 Å². The normalized spacial score (nSPS) is 29.4. The Labute approximate surface area is 112 Å². The van der Waals surface area contributed by atoms with Gasteiger partial charge in [0.2, 0.25) is 0 Å². The molecule has 0 bridgehead atoms. The van der Waals surface area contributed by atoms with E-state index in [4.69, 9.17) is 10.5 Å². The van der Waals surface area contributed by atoms with Crippen LogP contribution in [0, 0.1) is 11.3 Å². The van der Waals surface area contributed by atoms with Gasteiger partial charge in [-0.15, -0.1) is 0 Å². The van der Waals surface area contributed by atoms with Crippen molar-refractivity contribution in [3.63, 3.8) is 0 Å². The fourth-order valence-corrected chi connectivity index (χ4v) is 3.17. The van der Waals surface area contributed by atoms with Gasteiger partial charge < -0.3 is 15.4 Å². The smallest absolute Gasteiger partial charge is 0.381 e. The lowest BCUT2D eigenvalue weighted by molar-refractivity contribution is -0.188. The first-order chi connectivity index (χ1) is 8.95. The molecule has 112 valence electrons. The summed E-state index contributed by atoms with van der Waals surface area (Å²) in [5.74, 6) is -1.17. The number of alkyl halides is 3. The highest BCUT2D eigenvalue weighted by molar-refractivity contribution is 4.88. The van der Waals surface area contributed by atoms with Crippen LogP contribution in [0.2, 0.25) is 0 Å². The van der Waals surface area contributed by atoms with E-state index >= 15 is 0 Å². The van der Waals surface area contributed by atoms with Gasteiger partial charge in [-0.2, -0.15) is 13.2 Å². The summed E-state index contributed by atoms with van der Waals surface area (Å²) < 4.78 is 43.7. The standard InChI is InChI=1S/C13H23F3N2O/c14-13(15,16)11-2-1-5-18(8-11)10-12(9-17)3-6-19-7-4-12/h11H,1-10,17H2. The number of piperidine rings is 1. The van der Waals surface area contributed by atoms with Crippen molar-refractivity contribution >= 4 is 0 Å². The van der Waals surface area contributed by atoms with Crippen molar-refractivity contribution in [1.82, 2.24) is 4.90 Å². The van der Waals surface area contributed by atoms with Gasteiger partial charge in [0.25, 0.3) is 0 Å². The summed E-state index contributed by atoms with van der Waals surface area (Å²) in [4.78, 5) is 1.96. The SMILES string of the molecule is NCC1(CN2CCCC(C(F)(F)F)C2)CCOCC1. The Kier molecular flexibility index (Phi) is 4.74. The topological polar surface area (TPSA) is 38.5 Å². The Balaban J connectivity index is 1.94. The number of ether oxygens (including phenoxy) is 1. The molecule has 6 heteroatoms. The maximum atomic E-state index is 12.8. The zero-order chi connectivity index (χ0) is 13.9. The maximum Gasteiger partial charge on any atom is 0.393 e. The van der Waals surface area contributed by atoms with Crippen LogP contribution in [0.5, 0.6) is 0 Å². The molecule has 2 aliphatic heterocycles. The van der Waals surface area contributed by atoms with E-state index in [2.05, 4.69) is 0 Å². The van der Waals surface area contributed by atoms with E-state index in [1.54, 1.807) is 0 Å². The molecule has 0 saturated carbocycles. The van der Waals surface area contributed by atoms with Crippen molar-refractivity contribution in [2.45, 2.75) is 31.9 Å². The fraction of sp³-hybridized carbons (Fsp3) is 1.00. The van der Waals surface area contributed by atoms with E-state index in [0.717, 1.165) is 19.4 Å². The minimum absolute atomic E-state index is 0.0499. The third-order valence-electron chi connectivity index (χ3n) is 4.51. The molecule has 0 aromatic carbocycles. The van der Waals surface area contributed by atoms with Crippen LogP contribution < -0.4 is 5.73 Å². The quantitative estimate of drug-likeness (QED) is 0.859. The average Bonchev–Trinajstić information content (AvgIpc) is 2.39. The highest BCUT2D eigenvalue weighted by atomic mass is 19.4. The van der Waals surface area contributed by atoms with Gasteiger partial charge in [-0.05, 0) is 44.2 Å². The van der Waals surface area contributed by atoms with Crippen molar-refractivity contribution in [3.8, 4) is 0 Å². The molecule has 0 radical (unpaired) electrons. The highest BCUT2D eigenvalue weighted by Gasteiger charge is 2.43. The fourth-order valence-electron chi connectivity index (χ4n) is 3.17. The van der Waals surface area contributed by atoms with Gasteiger partial charge >= 0.3 is 6.18 Å². The summed E-state index contributed by atoms with van der Waals surface area (Å²) >= 11 is 0. The van der Waals surface area contributed by atoms with Crippen LogP contribution in [0.25, 0.3) is 0 Å². The highest BCUT2D eigenvalue weighted by Crippen LogP contribution is 2.36. The van der Waals surface area contributed by atoms with E-state index < -0.39 is 12.1 Å². The lowest BCUT2D eigenvalue weighted by Crippen LogP contribution is -2.50. The van der Waals surface area contributed by atoms with Gasteiger partial charge in [0, 0.05) is 26.3 Å². The van der Waals surface area contributed by atoms with Crippen LogP contribution >= 0.6 is 0 Å². The van der Waals surface area contributed by atoms with Gasteiger partial charge in [0.1, 0.15) is 0 Å². The first kappa shape index (κ1) is 15.1. The number of halogens is 3. The number of likely N-dealkylation sites (tertiary alicyclic amines) is 1. The van der Waals surface area contributed by atoms with Crippen LogP contribution in [-0.2, 0) is 4.74 Å². The maximum absolute atomic E-state index is 12.8. The zero-order valence-electron chi connectivity index (χ0n) is 11.2. The molecule has 3 nitrogen and oxygen atoms in total. The Hall–Kier alpha value is -0.330. The van der Waals surface area contributed by atoms with Crippen LogP contribution in [0.15, 0.2) is 0 Å². The van der Waals surface area contributed by atoms with Gasteiger partial charge in [0.15, 0.2) is 0 Å². The molecule has 1 unspecified atom stereocenters. The summed E-state index contributed by atoms with van der Waals surface area (Å²) in [6.45, 7) is 3.45. The van der Waals surface area contributed by atoms with Gasteiger partial charge in [-0.25, -0.2) is 0 Å².